The van der Waals surface area contributed by atoms with E-state index in [1.165, 1.54) is 12.3 Å². The number of nitrogens with zero attached hydrogens (tertiary/aromatic N) is 2. The molecule has 2 aromatic rings. The second-order valence-corrected chi connectivity index (χ2v) is 6.15. The number of halogens is 2. The molecule has 0 atom stereocenters. The van der Waals surface area contributed by atoms with Crippen molar-refractivity contribution in [3.8, 4) is 6.07 Å². The molecule has 0 unspecified atom stereocenters. The summed E-state index contributed by atoms with van der Waals surface area (Å²) >= 11 is 11.7. The third-order valence-corrected chi connectivity index (χ3v) is 4.05. The number of benzene rings is 2. The largest absolute Gasteiger partial charge is 0.378 e. The molecule has 0 saturated heterocycles. The van der Waals surface area contributed by atoms with E-state index in [0.29, 0.717) is 15.7 Å². The number of amides is 1. The van der Waals surface area contributed by atoms with Crippen LogP contribution in [-0.2, 0) is 4.79 Å². The van der Waals surface area contributed by atoms with Crippen LogP contribution in [0.25, 0.3) is 0 Å². The molecule has 0 heterocycles. The molecule has 0 saturated carbocycles. The molecule has 0 aliphatic rings. The highest BCUT2D eigenvalue weighted by Crippen LogP contribution is 2.25. The Labute approximate surface area is 156 Å². The summed E-state index contributed by atoms with van der Waals surface area (Å²) in [5.41, 5.74) is 2.20. The molecule has 5 nitrogen and oxygen atoms in total. The van der Waals surface area contributed by atoms with Gasteiger partial charge in [0.25, 0.3) is 5.91 Å². The van der Waals surface area contributed by atoms with E-state index < -0.39 is 5.91 Å². The number of hydrogen-bond acceptors (Lipinski definition) is 4. The Bertz CT molecular complexity index is 839. The van der Waals surface area contributed by atoms with Crippen molar-refractivity contribution in [3.63, 3.8) is 0 Å². The van der Waals surface area contributed by atoms with Gasteiger partial charge in [-0.05, 0) is 42.5 Å². The second-order valence-electron chi connectivity index (χ2n) is 5.34. The maximum Gasteiger partial charge on any atom is 0.267 e. The van der Waals surface area contributed by atoms with Crippen molar-refractivity contribution in [1.29, 1.82) is 5.26 Å². The first-order chi connectivity index (χ1) is 11.9. The van der Waals surface area contributed by atoms with Gasteiger partial charge < -0.3 is 15.5 Å². The van der Waals surface area contributed by atoms with Crippen molar-refractivity contribution >= 4 is 46.2 Å². The number of anilines is 3. The fourth-order valence-electron chi connectivity index (χ4n) is 1.93. The van der Waals surface area contributed by atoms with Crippen molar-refractivity contribution < 1.29 is 4.79 Å². The number of carbonyl (C=O) groups excluding carboxylic acids is 1. The molecule has 1 amide bonds. The van der Waals surface area contributed by atoms with Gasteiger partial charge in [-0.1, -0.05) is 23.2 Å². The Hall–Kier alpha value is -2.68. The van der Waals surface area contributed by atoms with Gasteiger partial charge in [0, 0.05) is 37.4 Å². The normalized spacial score (nSPS) is 10.8. The summed E-state index contributed by atoms with van der Waals surface area (Å²) in [6, 6.07) is 14.1. The van der Waals surface area contributed by atoms with E-state index in [4.69, 9.17) is 23.2 Å². The van der Waals surface area contributed by atoms with Gasteiger partial charge in [-0.3, -0.25) is 4.79 Å². The lowest BCUT2D eigenvalue weighted by molar-refractivity contribution is -0.112. The van der Waals surface area contributed by atoms with Crippen LogP contribution in [0.5, 0.6) is 0 Å². The van der Waals surface area contributed by atoms with Crippen molar-refractivity contribution in [2.45, 2.75) is 0 Å². The number of carbonyl (C=O) groups is 1. The molecule has 0 aliphatic heterocycles. The highest BCUT2D eigenvalue weighted by atomic mass is 35.5. The van der Waals surface area contributed by atoms with Crippen LogP contribution < -0.4 is 15.5 Å². The zero-order chi connectivity index (χ0) is 18.4. The predicted octanol–water partition coefficient (Wildman–Crippen LogP) is 4.52. The molecule has 7 heteroatoms. The first-order valence-electron chi connectivity index (χ1n) is 7.31. The predicted molar refractivity (Wildman–Crippen MR) is 103 cm³/mol. The second kappa shape index (κ2) is 8.43. The van der Waals surface area contributed by atoms with Gasteiger partial charge in [0.15, 0.2) is 0 Å². The van der Waals surface area contributed by atoms with Crippen LogP contribution in [0, 0.1) is 11.3 Å². The minimum absolute atomic E-state index is 0.0669. The summed E-state index contributed by atoms with van der Waals surface area (Å²) in [7, 11) is 3.90. The molecule has 2 aromatic carbocycles. The Balaban J connectivity index is 2.07. The monoisotopic (exact) mass is 374 g/mol. The van der Waals surface area contributed by atoms with E-state index in [-0.39, 0.29) is 5.57 Å². The quantitative estimate of drug-likeness (QED) is 0.596. The molecule has 0 spiro atoms. The van der Waals surface area contributed by atoms with Crippen LogP contribution in [0.15, 0.2) is 54.2 Å². The van der Waals surface area contributed by atoms with Gasteiger partial charge in [-0.15, -0.1) is 0 Å². The lowest BCUT2D eigenvalue weighted by atomic mass is 10.2. The summed E-state index contributed by atoms with van der Waals surface area (Å²) in [6.45, 7) is 0. The Kier molecular flexibility index (Phi) is 6.29. The van der Waals surface area contributed by atoms with Crippen LogP contribution >= 0.6 is 23.2 Å². The third-order valence-electron chi connectivity index (χ3n) is 3.31. The van der Waals surface area contributed by atoms with Crippen molar-refractivity contribution in [2.24, 2.45) is 0 Å². The molecule has 2 N–H and O–H groups in total. The first-order valence-corrected chi connectivity index (χ1v) is 8.07. The minimum atomic E-state index is -0.543. The van der Waals surface area contributed by atoms with Crippen LogP contribution in [-0.4, -0.2) is 20.0 Å². The van der Waals surface area contributed by atoms with Crippen molar-refractivity contribution in [3.05, 3.63) is 64.3 Å². The number of rotatable bonds is 5. The summed E-state index contributed by atoms with van der Waals surface area (Å²) in [5, 5.41) is 15.4. The Morgan fingerprint density at radius 2 is 1.72 bits per heavy atom. The van der Waals surface area contributed by atoms with Crippen LogP contribution in [0.3, 0.4) is 0 Å². The molecular weight excluding hydrogens is 359 g/mol. The Morgan fingerprint density at radius 3 is 2.28 bits per heavy atom. The molecule has 0 fully saturated rings. The summed E-state index contributed by atoms with van der Waals surface area (Å²) in [6.07, 6.45) is 1.36. The van der Waals surface area contributed by atoms with Gasteiger partial charge in [0.2, 0.25) is 0 Å². The molecule has 25 heavy (non-hydrogen) atoms. The lowest BCUT2D eigenvalue weighted by Gasteiger charge is -2.12. The fraction of sp³-hybridized carbons (Fsp3) is 0.111. The summed E-state index contributed by atoms with van der Waals surface area (Å²) < 4.78 is 0. The van der Waals surface area contributed by atoms with Gasteiger partial charge >= 0.3 is 0 Å². The van der Waals surface area contributed by atoms with Gasteiger partial charge in [0.05, 0.1) is 10.0 Å². The molecule has 0 bridgehead atoms. The average molecular weight is 375 g/mol. The van der Waals surface area contributed by atoms with Crippen LogP contribution in [0.4, 0.5) is 17.1 Å². The first kappa shape index (κ1) is 18.7. The number of hydrogen-bond donors (Lipinski definition) is 2. The van der Waals surface area contributed by atoms with Gasteiger partial charge in [-0.2, -0.15) is 5.26 Å². The fourth-order valence-corrected chi connectivity index (χ4v) is 2.23. The van der Waals surface area contributed by atoms with E-state index >= 15 is 0 Å². The van der Waals surface area contributed by atoms with E-state index in [2.05, 4.69) is 10.6 Å². The molecule has 2 rings (SSSR count). The maximum absolute atomic E-state index is 12.2. The molecule has 0 radical (unpaired) electrons. The average Bonchev–Trinajstić information content (AvgIpc) is 2.59. The number of nitriles is 1. The zero-order valence-corrected chi connectivity index (χ0v) is 15.2. The van der Waals surface area contributed by atoms with E-state index in [1.807, 2.05) is 49.3 Å². The van der Waals surface area contributed by atoms with Gasteiger partial charge in [0.1, 0.15) is 11.6 Å². The summed E-state index contributed by atoms with van der Waals surface area (Å²) in [5.74, 6) is -0.543. The van der Waals surface area contributed by atoms with E-state index in [1.54, 1.807) is 12.1 Å². The standard InChI is InChI=1S/C18H16Cl2N4O/c1-24(2)15-6-3-13(4-7-15)22-11-12(10-21)18(25)23-14-5-8-16(19)17(20)9-14/h3-9,11,22H,1-2H3,(H,23,25)/b12-11-. The highest BCUT2D eigenvalue weighted by molar-refractivity contribution is 6.42. The molecule has 0 aliphatic carbocycles. The topological polar surface area (TPSA) is 68.2 Å². The zero-order valence-electron chi connectivity index (χ0n) is 13.7. The van der Waals surface area contributed by atoms with E-state index in [9.17, 15) is 10.1 Å². The smallest absolute Gasteiger partial charge is 0.267 e. The number of nitrogens with one attached hydrogen (secondary N) is 2. The van der Waals surface area contributed by atoms with Crippen LogP contribution in [0.1, 0.15) is 0 Å². The van der Waals surface area contributed by atoms with Crippen molar-refractivity contribution in [2.75, 3.05) is 29.6 Å². The Morgan fingerprint density at radius 1 is 1.08 bits per heavy atom. The third kappa shape index (κ3) is 5.15. The van der Waals surface area contributed by atoms with Crippen LogP contribution in [0.2, 0.25) is 10.0 Å². The van der Waals surface area contributed by atoms with Crippen molar-refractivity contribution in [1.82, 2.24) is 0 Å². The van der Waals surface area contributed by atoms with Gasteiger partial charge in [-0.25, -0.2) is 0 Å². The SMILES string of the molecule is CN(C)c1ccc(N/C=C(/C#N)C(=O)Nc2ccc(Cl)c(Cl)c2)cc1. The maximum atomic E-state index is 12.2. The molecule has 0 aromatic heterocycles. The lowest BCUT2D eigenvalue weighted by Crippen LogP contribution is -2.14. The molecular formula is C18H16Cl2N4O. The summed E-state index contributed by atoms with van der Waals surface area (Å²) in [4.78, 5) is 14.2. The minimum Gasteiger partial charge on any atom is -0.378 e. The van der Waals surface area contributed by atoms with E-state index in [0.717, 1.165) is 11.4 Å². The highest BCUT2D eigenvalue weighted by Gasteiger charge is 2.10. The molecule has 128 valence electrons.